The molecule has 6 nitrogen and oxygen atoms in total. The summed E-state index contributed by atoms with van der Waals surface area (Å²) in [5, 5.41) is 11.9. The van der Waals surface area contributed by atoms with Gasteiger partial charge in [-0.3, -0.25) is 4.79 Å². The first-order chi connectivity index (χ1) is 9.40. The third-order valence-corrected chi connectivity index (χ3v) is 3.61. The lowest BCUT2D eigenvalue weighted by Gasteiger charge is -2.22. The van der Waals surface area contributed by atoms with Gasteiger partial charge in [0, 0.05) is 26.2 Å². The van der Waals surface area contributed by atoms with Crippen molar-refractivity contribution in [3.63, 3.8) is 0 Å². The molecule has 1 heterocycles. The van der Waals surface area contributed by atoms with E-state index in [4.69, 9.17) is 5.11 Å². The second-order valence-corrected chi connectivity index (χ2v) is 5.99. The topological polar surface area (TPSA) is 72.9 Å². The van der Waals surface area contributed by atoms with Crippen LogP contribution in [0.25, 0.3) is 0 Å². The highest BCUT2D eigenvalue weighted by atomic mass is 16.4. The van der Waals surface area contributed by atoms with E-state index < -0.39 is 11.9 Å². The Labute approximate surface area is 121 Å². The van der Waals surface area contributed by atoms with Crippen LogP contribution in [-0.4, -0.2) is 66.7 Å². The Morgan fingerprint density at radius 2 is 1.90 bits per heavy atom. The van der Waals surface area contributed by atoms with Crippen LogP contribution in [0.4, 0.5) is 4.79 Å². The predicted octanol–water partition coefficient (Wildman–Crippen LogP) is 1.08. The molecule has 0 bridgehead atoms. The molecule has 0 aromatic rings. The van der Waals surface area contributed by atoms with E-state index in [1.165, 1.54) is 0 Å². The Morgan fingerprint density at radius 1 is 1.20 bits per heavy atom. The second kappa shape index (κ2) is 8.09. The molecule has 0 aliphatic carbocycles. The van der Waals surface area contributed by atoms with Gasteiger partial charge in [0.2, 0.25) is 0 Å². The van der Waals surface area contributed by atoms with Crippen molar-refractivity contribution in [2.45, 2.75) is 26.7 Å². The summed E-state index contributed by atoms with van der Waals surface area (Å²) in [7, 11) is 2.05. The maximum atomic E-state index is 12.1. The minimum Gasteiger partial charge on any atom is -0.481 e. The summed E-state index contributed by atoms with van der Waals surface area (Å²) in [6, 6.07) is -0.143. The summed E-state index contributed by atoms with van der Waals surface area (Å²) < 4.78 is 0. The highest BCUT2D eigenvalue weighted by Gasteiger charge is 2.22. The summed E-state index contributed by atoms with van der Waals surface area (Å²) in [5.41, 5.74) is 0. The third-order valence-electron chi connectivity index (χ3n) is 3.61. The van der Waals surface area contributed by atoms with E-state index in [-0.39, 0.29) is 12.6 Å². The van der Waals surface area contributed by atoms with Gasteiger partial charge in [-0.25, -0.2) is 4.79 Å². The maximum Gasteiger partial charge on any atom is 0.317 e. The fraction of sp³-hybridized carbons (Fsp3) is 0.857. The molecule has 0 saturated carbocycles. The van der Waals surface area contributed by atoms with Gasteiger partial charge in [0.15, 0.2) is 0 Å². The van der Waals surface area contributed by atoms with Crippen molar-refractivity contribution in [1.29, 1.82) is 0 Å². The Kier molecular flexibility index (Phi) is 6.78. The molecule has 2 N–H and O–H groups in total. The Morgan fingerprint density at radius 3 is 2.50 bits per heavy atom. The molecule has 1 unspecified atom stereocenters. The van der Waals surface area contributed by atoms with Gasteiger partial charge in [0.1, 0.15) is 0 Å². The largest absolute Gasteiger partial charge is 0.481 e. The number of rotatable bonds is 5. The van der Waals surface area contributed by atoms with E-state index in [1.807, 2.05) is 20.9 Å². The molecule has 1 fully saturated rings. The normalized spacial score (nSPS) is 18.7. The molecule has 1 aliphatic rings. The molecule has 116 valence electrons. The number of carbonyl (C=O) groups is 2. The molecular formula is C14H27N3O3. The molecular weight excluding hydrogens is 258 g/mol. The number of nitrogens with zero attached hydrogens (tertiary/aromatic N) is 2. The number of carbonyl (C=O) groups excluding carboxylic acids is 1. The number of urea groups is 1. The molecule has 1 rings (SSSR count). The van der Waals surface area contributed by atoms with Gasteiger partial charge in [0.25, 0.3) is 0 Å². The van der Waals surface area contributed by atoms with E-state index in [0.29, 0.717) is 18.9 Å². The molecule has 0 spiro atoms. The van der Waals surface area contributed by atoms with Crippen LogP contribution in [0, 0.1) is 11.8 Å². The number of carboxylic acids is 1. The molecule has 6 heteroatoms. The molecule has 20 heavy (non-hydrogen) atoms. The molecule has 0 radical (unpaired) electrons. The second-order valence-electron chi connectivity index (χ2n) is 5.99. The SMILES string of the molecule is CC(C)CC(CNC(=O)N1CCCN(C)CC1)C(=O)O. The van der Waals surface area contributed by atoms with Gasteiger partial charge in [-0.2, -0.15) is 0 Å². The van der Waals surface area contributed by atoms with Gasteiger partial charge in [-0.15, -0.1) is 0 Å². The average Bonchev–Trinajstić information content (AvgIpc) is 2.58. The number of likely N-dealkylation sites (N-methyl/N-ethyl adjacent to an activating group) is 1. The monoisotopic (exact) mass is 285 g/mol. The van der Waals surface area contributed by atoms with Crippen LogP contribution < -0.4 is 5.32 Å². The summed E-state index contributed by atoms with van der Waals surface area (Å²) in [6.45, 7) is 7.47. The average molecular weight is 285 g/mol. The predicted molar refractivity (Wildman–Crippen MR) is 77.7 cm³/mol. The fourth-order valence-corrected chi connectivity index (χ4v) is 2.41. The number of amides is 2. The first kappa shape index (κ1) is 16.8. The van der Waals surface area contributed by atoms with Gasteiger partial charge in [0.05, 0.1) is 5.92 Å². The van der Waals surface area contributed by atoms with Gasteiger partial charge in [-0.05, 0) is 32.4 Å². The Hall–Kier alpha value is -1.30. The number of aliphatic carboxylic acids is 1. The minimum atomic E-state index is -0.838. The van der Waals surface area contributed by atoms with Crippen LogP contribution in [0.1, 0.15) is 26.7 Å². The zero-order valence-electron chi connectivity index (χ0n) is 12.8. The van der Waals surface area contributed by atoms with E-state index in [9.17, 15) is 9.59 Å². The zero-order chi connectivity index (χ0) is 15.1. The molecule has 1 aliphatic heterocycles. The third kappa shape index (κ3) is 5.77. The molecule has 1 saturated heterocycles. The van der Waals surface area contributed by atoms with Crippen LogP contribution in [0.5, 0.6) is 0 Å². The lowest BCUT2D eigenvalue weighted by molar-refractivity contribution is -0.142. The van der Waals surface area contributed by atoms with Gasteiger partial charge < -0.3 is 20.2 Å². The van der Waals surface area contributed by atoms with Crippen LogP contribution in [0.2, 0.25) is 0 Å². The van der Waals surface area contributed by atoms with E-state index >= 15 is 0 Å². The van der Waals surface area contributed by atoms with Crippen molar-refractivity contribution >= 4 is 12.0 Å². The lowest BCUT2D eigenvalue weighted by atomic mass is 9.97. The van der Waals surface area contributed by atoms with Crippen LogP contribution >= 0.6 is 0 Å². The molecule has 0 aromatic carbocycles. The standard InChI is InChI=1S/C14H27N3O3/c1-11(2)9-12(13(18)19)10-15-14(20)17-6-4-5-16(3)7-8-17/h11-12H,4-10H2,1-3H3,(H,15,20)(H,18,19). The molecule has 1 atom stereocenters. The zero-order valence-corrected chi connectivity index (χ0v) is 12.8. The summed E-state index contributed by atoms with van der Waals surface area (Å²) in [6.07, 6.45) is 1.54. The van der Waals surface area contributed by atoms with E-state index in [0.717, 1.165) is 26.1 Å². The summed E-state index contributed by atoms with van der Waals surface area (Å²) in [5.74, 6) is -1.04. The van der Waals surface area contributed by atoms with Crippen molar-refractivity contribution in [3.05, 3.63) is 0 Å². The quantitative estimate of drug-likeness (QED) is 0.793. The fourth-order valence-electron chi connectivity index (χ4n) is 2.41. The highest BCUT2D eigenvalue weighted by molar-refractivity contribution is 5.76. The number of hydrogen-bond donors (Lipinski definition) is 2. The highest BCUT2D eigenvalue weighted by Crippen LogP contribution is 2.11. The Bertz CT molecular complexity index is 334. The van der Waals surface area contributed by atoms with Crippen molar-refractivity contribution in [2.24, 2.45) is 11.8 Å². The summed E-state index contributed by atoms with van der Waals surface area (Å²) >= 11 is 0. The number of hydrogen-bond acceptors (Lipinski definition) is 3. The Balaban J connectivity index is 2.42. The van der Waals surface area contributed by atoms with E-state index in [2.05, 4.69) is 10.2 Å². The van der Waals surface area contributed by atoms with Crippen molar-refractivity contribution in [3.8, 4) is 0 Å². The van der Waals surface area contributed by atoms with Gasteiger partial charge >= 0.3 is 12.0 Å². The van der Waals surface area contributed by atoms with E-state index in [1.54, 1.807) is 4.90 Å². The first-order valence-corrected chi connectivity index (χ1v) is 7.34. The van der Waals surface area contributed by atoms with Crippen molar-refractivity contribution < 1.29 is 14.7 Å². The number of carboxylic acid groups (broad SMARTS) is 1. The van der Waals surface area contributed by atoms with Gasteiger partial charge in [-0.1, -0.05) is 13.8 Å². The van der Waals surface area contributed by atoms with Crippen LogP contribution in [0.3, 0.4) is 0 Å². The van der Waals surface area contributed by atoms with Crippen LogP contribution in [-0.2, 0) is 4.79 Å². The molecule has 2 amide bonds. The maximum absolute atomic E-state index is 12.1. The first-order valence-electron chi connectivity index (χ1n) is 7.34. The minimum absolute atomic E-state index is 0.143. The van der Waals surface area contributed by atoms with Crippen molar-refractivity contribution in [2.75, 3.05) is 39.8 Å². The lowest BCUT2D eigenvalue weighted by Crippen LogP contribution is -2.44. The summed E-state index contributed by atoms with van der Waals surface area (Å²) in [4.78, 5) is 27.2. The smallest absolute Gasteiger partial charge is 0.317 e. The molecule has 0 aromatic heterocycles. The van der Waals surface area contributed by atoms with Crippen LogP contribution in [0.15, 0.2) is 0 Å². The number of nitrogens with one attached hydrogen (secondary N) is 1. The van der Waals surface area contributed by atoms with Crippen molar-refractivity contribution in [1.82, 2.24) is 15.1 Å².